The molecule has 0 aliphatic carbocycles. The number of rotatable bonds is 18. The number of nitrogens with two attached hydrogens (primary N) is 4. The average molecular weight is 503 g/mol. The Hall–Kier alpha value is -3.46. The van der Waals surface area contributed by atoms with Crippen LogP contribution in [0, 0.1) is 0 Å². The van der Waals surface area contributed by atoms with Crippen molar-refractivity contribution < 1.29 is 34.2 Å². The van der Waals surface area contributed by atoms with Gasteiger partial charge in [0.2, 0.25) is 17.7 Å². The zero-order chi connectivity index (χ0) is 27.0. The molecule has 35 heavy (non-hydrogen) atoms. The molecule has 0 bridgehead atoms. The molecule has 0 radical (unpaired) electrons. The van der Waals surface area contributed by atoms with Gasteiger partial charge in [-0.25, -0.2) is 4.79 Å². The Labute approximate surface area is 203 Å². The van der Waals surface area contributed by atoms with Crippen LogP contribution in [-0.4, -0.2) is 83.1 Å². The van der Waals surface area contributed by atoms with Gasteiger partial charge in [-0.3, -0.25) is 24.2 Å². The Balaban J connectivity index is 5.04. The number of unbranched alkanes of at least 4 members (excludes halogenated alkanes) is 1. The average Bonchev–Trinajstić information content (AvgIpc) is 2.77. The fourth-order valence-electron chi connectivity index (χ4n) is 2.89. The lowest BCUT2D eigenvalue weighted by atomic mass is 10.1. The molecule has 0 aliphatic rings. The van der Waals surface area contributed by atoms with E-state index in [1.54, 1.807) is 0 Å². The first kappa shape index (κ1) is 31.5. The molecule has 0 aliphatic heterocycles. The van der Waals surface area contributed by atoms with Gasteiger partial charge in [-0.1, -0.05) is 0 Å². The Morgan fingerprint density at radius 3 is 2.00 bits per heavy atom. The molecule has 0 saturated heterocycles. The Morgan fingerprint density at radius 1 is 0.829 bits per heavy atom. The number of aliphatic carboxylic acids is 2. The molecule has 3 amide bonds. The third-order valence-corrected chi connectivity index (χ3v) is 4.90. The van der Waals surface area contributed by atoms with Crippen LogP contribution in [0.15, 0.2) is 4.99 Å². The zero-order valence-corrected chi connectivity index (χ0v) is 19.9. The monoisotopic (exact) mass is 502 g/mol. The molecule has 15 nitrogen and oxygen atoms in total. The molecule has 0 spiro atoms. The minimum atomic E-state index is -1.33. The number of aliphatic imine (C=N–C) groups is 1. The summed E-state index contributed by atoms with van der Waals surface area (Å²) >= 11 is 0. The molecule has 15 heteroatoms. The van der Waals surface area contributed by atoms with Crippen LogP contribution in [0.2, 0.25) is 0 Å². The van der Waals surface area contributed by atoms with E-state index in [0.29, 0.717) is 25.8 Å². The van der Waals surface area contributed by atoms with Gasteiger partial charge >= 0.3 is 11.9 Å². The fraction of sp³-hybridized carbons (Fsp3) is 0.700. The van der Waals surface area contributed by atoms with Crippen molar-refractivity contribution in [3.63, 3.8) is 0 Å². The number of carboxylic acids is 2. The number of amides is 3. The van der Waals surface area contributed by atoms with E-state index in [0.717, 1.165) is 0 Å². The lowest BCUT2D eigenvalue weighted by Gasteiger charge is -2.23. The van der Waals surface area contributed by atoms with Crippen LogP contribution >= 0.6 is 0 Å². The van der Waals surface area contributed by atoms with Crippen molar-refractivity contribution in [2.24, 2.45) is 27.9 Å². The predicted octanol–water partition coefficient (Wildman–Crippen LogP) is -3.08. The van der Waals surface area contributed by atoms with Crippen LogP contribution in [0.5, 0.6) is 0 Å². The minimum absolute atomic E-state index is 0.0833. The Bertz CT molecular complexity index is 758. The summed E-state index contributed by atoms with van der Waals surface area (Å²) in [6.45, 7) is 2.00. The maximum Gasteiger partial charge on any atom is 0.326 e. The highest BCUT2D eigenvalue weighted by Gasteiger charge is 2.29. The molecule has 0 heterocycles. The van der Waals surface area contributed by atoms with E-state index in [2.05, 4.69) is 20.9 Å². The first-order chi connectivity index (χ1) is 16.4. The number of hydrogen-bond donors (Lipinski definition) is 9. The number of nitrogens with zero attached hydrogens (tertiary/aromatic N) is 1. The van der Waals surface area contributed by atoms with E-state index >= 15 is 0 Å². The summed E-state index contributed by atoms with van der Waals surface area (Å²) < 4.78 is 0. The van der Waals surface area contributed by atoms with Gasteiger partial charge in [0.1, 0.15) is 18.1 Å². The largest absolute Gasteiger partial charge is 0.481 e. The second-order valence-corrected chi connectivity index (χ2v) is 7.96. The lowest BCUT2D eigenvalue weighted by molar-refractivity contribution is -0.143. The third kappa shape index (κ3) is 14.4. The van der Waals surface area contributed by atoms with Crippen LogP contribution in [-0.2, 0) is 24.0 Å². The van der Waals surface area contributed by atoms with Gasteiger partial charge in [0.05, 0.1) is 6.04 Å². The van der Waals surface area contributed by atoms with Crippen molar-refractivity contribution in [3.8, 4) is 0 Å². The lowest BCUT2D eigenvalue weighted by Crippen LogP contribution is -2.56. The third-order valence-electron chi connectivity index (χ3n) is 4.90. The van der Waals surface area contributed by atoms with Gasteiger partial charge in [-0.15, -0.1) is 0 Å². The second-order valence-electron chi connectivity index (χ2n) is 7.96. The fourth-order valence-corrected chi connectivity index (χ4v) is 2.89. The second kappa shape index (κ2) is 17.0. The molecule has 13 N–H and O–H groups in total. The highest BCUT2D eigenvalue weighted by Crippen LogP contribution is 2.05. The molecular weight excluding hydrogens is 464 g/mol. The van der Waals surface area contributed by atoms with Crippen molar-refractivity contribution in [2.45, 2.75) is 76.0 Å². The summed E-state index contributed by atoms with van der Waals surface area (Å²) in [6.07, 6.45) is 1.08. The van der Waals surface area contributed by atoms with Gasteiger partial charge in [0, 0.05) is 13.0 Å². The topological polar surface area (TPSA) is 278 Å². The normalized spacial score (nSPS) is 14.0. The summed E-state index contributed by atoms with van der Waals surface area (Å²) in [7, 11) is 0. The van der Waals surface area contributed by atoms with E-state index in [1.165, 1.54) is 6.92 Å². The molecule has 0 aromatic rings. The van der Waals surface area contributed by atoms with E-state index in [9.17, 15) is 29.1 Å². The van der Waals surface area contributed by atoms with Crippen molar-refractivity contribution >= 4 is 35.6 Å². The summed E-state index contributed by atoms with van der Waals surface area (Å²) in [6, 6.07) is -4.60. The Kier molecular flexibility index (Phi) is 15.4. The van der Waals surface area contributed by atoms with Gasteiger partial charge in [-0.05, 0) is 52.0 Å². The van der Waals surface area contributed by atoms with Crippen LogP contribution in [0.1, 0.15) is 51.9 Å². The van der Waals surface area contributed by atoms with E-state index in [-0.39, 0.29) is 31.8 Å². The smallest absolute Gasteiger partial charge is 0.326 e. The first-order valence-electron chi connectivity index (χ1n) is 11.3. The van der Waals surface area contributed by atoms with E-state index < -0.39 is 60.2 Å². The molecule has 200 valence electrons. The summed E-state index contributed by atoms with van der Waals surface area (Å²) in [5.74, 6) is -4.80. The summed E-state index contributed by atoms with van der Waals surface area (Å²) in [5.41, 5.74) is 21.6. The predicted molar refractivity (Wildman–Crippen MR) is 127 cm³/mol. The van der Waals surface area contributed by atoms with Crippen molar-refractivity contribution in [1.29, 1.82) is 0 Å². The molecule has 0 aromatic carbocycles. The van der Waals surface area contributed by atoms with Gasteiger partial charge in [-0.2, -0.15) is 0 Å². The highest BCUT2D eigenvalue weighted by molar-refractivity contribution is 5.94. The zero-order valence-electron chi connectivity index (χ0n) is 19.9. The highest BCUT2D eigenvalue weighted by atomic mass is 16.4. The first-order valence-corrected chi connectivity index (χ1v) is 11.3. The SMILES string of the molecule is CC(NC(=O)C(N)CCCN=C(N)N)C(=O)NC(CCC(=O)O)C(=O)NC(CCCCN)C(=O)O. The number of hydrogen-bond acceptors (Lipinski definition) is 8. The van der Waals surface area contributed by atoms with E-state index in [4.69, 9.17) is 28.0 Å². The quantitative estimate of drug-likeness (QED) is 0.0514. The molecule has 0 aromatic heterocycles. The van der Waals surface area contributed by atoms with Crippen molar-refractivity contribution in [2.75, 3.05) is 13.1 Å². The van der Waals surface area contributed by atoms with Gasteiger partial charge < -0.3 is 49.1 Å². The van der Waals surface area contributed by atoms with Crippen LogP contribution in [0.25, 0.3) is 0 Å². The van der Waals surface area contributed by atoms with Gasteiger partial charge in [0.15, 0.2) is 5.96 Å². The van der Waals surface area contributed by atoms with Crippen LogP contribution in [0.4, 0.5) is 0 Å². The van der Waals surface area contributed by atoms with Crippen molar-refractivity contribution in [1.82, 2.24) is 16.0 Å². The molecular formula is C20H38N8O7. The maximum atomic E-state index is 12.6. The Morgan fingerprint density at radius 2 is 1.46 bits per heavy atom. The molecule has 0 fully saturated rings. The van der Waals surface area contributed by atoms with Crippen LogP contribution < -0.4 is 38.9 Å². The maximum absolute atomic E-state index is 12.6. The van der Waals surface area contributed by atoms with Gasteiger partial charge in [0.25, 0.3) is 0 Å². The molecule has 0 rings (SSSR count). The number of carbonyl (C=O) groups is 5. The molecule has 4 atom stereocenters. The molecule has 0 saturated carbocycles. The minimum Gasteiger partial charge on any atom is -0.481 e. The van der Waals surface area contributed by atoms with Crippen molar-refractivity contribution in [3.05, 3.63) is 0 Å². The summed E-state index contributed by atoms with van der Waals surface area (Å²) in [4.78, 5) is 63.6. The number of nitrogens with one attached hydrogen (secondary N) is 3. The number of carboxylic acid groups (broad SMARTS) is 2. The number of carbonyl (C=O) groups excluding carboxylic acids is 3. The molecule has 4 unspecified atom stereocenters. The standard InChI is InChI=1S/C20H38N8O7/c1-11(26-17(32)12(22)5-4-10-25-20(23)24)16(31)27-13(7-8-15(29)30)18(33)28-14(19(34)35)6-2-3-9-21/h11-14H,2-10,21-22H2,1H3,(H,26,32)(H,27,31)(H,28,33)(H,29,30)(H,34,35)(H4,23,24,25). The number of guanidine groups is 1. The van der Waals surface area contributed by atoms with E-state index in [1.807, 2.05) is 0 Å². The summed E-state index contributed by atoms with van der Waals surface area (Å²) in [5, 5.41) is 25.4. The van der Waals surface area contributed by atoms with Crippen LogP contribution in [0.3, 0.4) is 0 Å².